The third kappa shape index (κ3) is 6.92. The Morgan fingerprint density at radius 2 is 1.94 bits per heavy atom. The fraction of sp³-hybridized carbons (Fsp3) is 0.458. The van der Waals surface area contributed by atoms with Crippen LogP contribution in [0, 0.1) is 11.6 Å². The first-order valence-corrected chi connectivity index (χ1v) is 10.9. The summed E-state index contributed by atoms with van der Waals surface area (Å²) in [7, 11) is 0. The average molecular weight is 432 g/mol. The maximum atomic E-state index is 14.3. The van der Waals surface area contributed by atoms with E-state index in [0.29, 0.717) is 12.1 Å². The molecule has 0 aliphatic carbocycles. The van der Waals surface area contributed by atoms with E-state index in [1.165, 1.54) is 12.1 Å². The average Bonchev–Trinajstić information content (AvgIpc) is 3.01. The van der Waals surface area contributed by atoms with Gasteiger partial charge in [-0.1, -0.05) is 18.2 Å². The molecule has 3 rings (SSSR count). The Morgan fingerprint density at radius 1 is 1.16 bits per heavy atom. The van der Waals surface area contributed by atoms with Crippen LogP contribution in [0.1, 0.15) is 44.2 Å². The summed E-state index contributed by atoms with van der Waals surface area (Å²) >= 11 is 0. The van der Waals surface area contributed by atoms with Crippen molar-refractivity contribution < 1.29 is 18.3 Å². The minimum atomic E-state index is -0.634. The van der Waals surface area contributed by atoms with Crippen molar-refractivity contribution in [3.05, 3.63) is 65.2 Å². The molecule has 1 unspecified atom stereocenters. The van der Waals surface area contributed by atoms with Crippen LogP contribution in [0.15, 0.2) is 42.5 Å². The van der Waals surface area contributed by atoms with E-state index >= 15 is 0 Å². The lowest BCUT2D eigenvalue weighted by molar-refractivity contribution is 0.162. The summed E-state index contributed by atoms with van der Waals surface area (Å²) in [6.07, 6.45) is 2.67. The van der Waals surface area contributed by atoms with E-state index in [4.69, 9.17) is 4.74 Å². The smallest absolute Gasteiger partial charge is 0.318 e. The van der Waals surface area contributed by atoms with Crippen LogP contribution in [-0.4, -0.2) is 36.2 Å². The molecule has 2 aromatic rings. The molecule has 0 radical (unpaired) electrons. The second-order valence-electron chi connectivity index (χ2n) is 8.17. The van der Waals surface area contributed by atoms with E-state index in [2.05, 4.69) is 10.6 Å². The van der Waals surface area contributed by atoms with Gasteiger partial charge in [-0.05, 0) is 70.0 Å². The molecule has 1 fully saturated rings. The number of ether oxygens (including phenoxy) is 1. The topological polar surface area (TPSA) is 53.6 Å². The number of rotatable bonds is 7. The Hall–Kier alpha value is -2.67. The third-order valence-corrected chi connectivity index (χ3v) is 5.34. The summed E-state index contributed by atoms with van der Waals surface area (Å²) < 4.78 is 33.2. The lowest BCUT2D eigenvalue weighted by Gasteiger charge is -2.31. The number of nitrogens with one attached hydrogen (secondary N) is 2. The zero-order valence-electron chi connectivity index (χ0n) is 18.2. The first kappa shape index (κ1) is 23.0. The van der Waals surface area contributed by atoms with Crippen LogP contribution in [0.25, 0.3) is 0 Å². The predicted octanol–water partition coefficient (Wildman–Crippen LogP) is 4.61. The van der Waals surface area contributed by atoms with Crippen molar-refractivity contribution in [1.29, 1.82) is 0 Å². The van der Waals surface area contributed by atoms with Crippen LogP contribution in [0.4, 0.5) is 13.6 Å². The molecule has 1 heterocycles. The highest BCUT2D eigenvalue weighted by molar-refractivity contribution is 5.74. The largest absolute Gasteiger partial charge is 0.491 e. The van der Waals surface area contributed by atoms with Crippen LogP contribution < -0.4 is 15.4 Å². The summed E-state index contributed by atoms with van der Waals surface area (Å²) in [6, 6.07) is 10.8. The van der Waals surface area contributed by atoms with E-state index in [1.54, 1.807) is 4.90 Å². The van der Waals surface area contributed by atoms with Crippen molar-refractivity contribution >= 4 is 6.03 Å². The number of nitrogens with zero attached hydrogens (tertiary/aromatic N) is 1. The Kier molecular flexibility index (Phi) is 8.23. The van der Waals surface area contributed by atoms with Gasteiger partial charge in [0.2, 0.25) is 0 Å². The van der Waals surface area contributed by atoms with Crippen molar-refractivity contribution in [2.45, 2.75) is 58.3 Å². The third-order valence-electron chi connectivity index (χ3n) is 5.34. The molecule has 7 heteroatoms. The molecule has 2 amide bonds. The highest BCUT2D eigenvalue weighted by atomic mass is 19.1. The SMILES string of the molecule is CC(C)Oc1ccc(CNC(=O)N(Cc2ccc(F)cc2F)C2CCCNCC2)cc1. The van der Waals surface area contributed by atoms with Crippen molar-refractivity contribution in [2.24, 2.45) is 0 Å². The van der Waals surface area contributed by atoms with E-state index in [1.807, 2.05) is 38.1 Å². The molecule has 0 saturated carbocycles. The van der Waals surface area contributed by atoms with E-state index < -0.39 is 11.6 Å². The normalized spacial score (nSPS) is 16.6. The molecule has 1 aliphatic heterocycles. The molecule has 31 heavy (non-hydrogen) atoms. The molecular formula is C24H31F2N3O2. The van der Waals surface area contributed by atoms with Gasteiger partial charge >= 0.3 is 6.03 Å². The minimum Gasteiger partial charge on any atom is -0.491 e. The monoisotopic (exact) mass is 431 g/mol. The summed E-state index contributed by atoms with van der Waals surface area (Å²) in [5.41, 5.74) is 1.25. The second-order valence-corrected chi connectivity index (χ2v) is 8.17. The van der Waals surface area contributed by atoms with Gasteiger partial charge in [-0.3, -0.25) is 0 Å². The molecular weight excluding hydrogens is 400 g/mol. The van der Waals surface area contributed by atoms with Crippen molar-refractivity contribution in [3.63, 3.8) is 0 Å². The summed E-state index contributed by atoms with van der Waals surface area (Å²) in [6.45, 7) is 6.10. The zero-order valence-corrected chi connectivity index (χ0v) is 18.2. The molecule has 5 nitrogen and oxygen atoms in total. The van der Waals surface area contributed by atoms with E-state index in [9.17, 15) is 13.6 Å². The van der Waals surface area contributed by atoms with Gasteiger partial charge < -0.3 is 20.3 Å². The van der Waals surface area contributed by atoms with Crippen LogP contribution in [0.2, 0.25) is 0 Å². The molecule has 1 atom stereocenters. The molecule has 2 N–H and O–H groups in total. The second kappa shape index (κ2) is 11.1. The molecule has 0 spiro atoms. The number of hydrogen-bond acceptors (Lipinski definition) is 3. The Balaban J connectivity index is 1.69. The van der Waals surface area contributed by atoms with Gasteiger partial charge in [0.15, 0.2) is 0 Å². The number of carbonyl (C=O) groups is 1. The van der Waals surface area contributed by atoms with Gasteiger partial charge in [0, 0.05) is 24.2 Å². The molecule has 1 saturated heterocycles. The lowest BCUT2D eigenvalue weighted by Crippen LogP contribution is -2.46. The highest BCUT2D eigenvalue weighted by Gasteiger charge is 2.25. The first-order chi connectivity index (χ1) is 14.9. The van der Waals surface area contributed by atoms with Gasteiger partial charge in [-0.15, -0.1) is 0 Å². The highest BCUT2D eigenvalue weighted by Crippen LogP contribution is 2.20. The van der Waals surface area contributed by atoms with E-state index in [0.717, 1.165) is 49.7 Å². The summed E-state index contributed by atoms with van der Waals surface area (Å²) in [5.74, 6) is -0.476. The molecule has 1 aliphatic rings. The number of hydrogen-bond donors (Lipinski definition) is 2. The van der Waals surface area contributed by atoms with Gasteiger partial charge in [0.05, 0.1) is 12.6 Å². The number of amides is 2. The zero-order chi connectivity index (χ0) is 22.2. The van der Waals surface area contributed by atoms with Gasteiger partial charge in [0.1, 0.15) is 17.4 Å². The molecule has 0 aromatic heterocycles. The van der Waals surface area contributed by atoms with Crippen LogP contribution in [-0.2, 0) is 13.1 Å². The Bertz CT molecular complexity index is 850. The number of urea groups is 1. The quantitative estimate of drug-likeness (QED) is 0.673. The summed E-state index contributed by atoms with van der Waals surface area (Å²) in [4.78, 5) is 14.8. The molecule has 0 bridgehead atoms. The summed E-state index contributed by atoms with van der Waals surface area (Å²) in [5, 5.41) is 6.29. The fourth-order valence-corrected chi connectivity index (χ4v) is 3.75. The number of halogens is 2. The Morgan fingerprint density at radius 3 is 2.65 bits per heavy atom. The minimum absolute atomic E-state index is 0.0127. The fourth-order valence-electron chi connectivity index (χ4n) is 3.75. The van der Waals surface area contributed by atoms with Crippen molar-refractivity contribution in [3.8, 4) is 5.75 Å². The molecule has 2 aromatic carbocycles. The van der Waals surface area contributed by atoms with Crippen molar-refractivity contribution in [1.82, 2.24) is 15.5 Å². The van der Waals surface area contributed by atoms with Crippen LogP contribution in [0.5, 0.6) is 5.75 Å². The molecule has 168 valence electrons. The lowest BCUT2D eigenvalue weighted by atomic mass is 10.1. The maximum Gasteiger partial charge on any atom is 0.318 e. The first-order valence-electron chi connectivity index (χ1n) is 10.9. The maximum absolute atomic E-state index is 14.3. The van der Waals surface area contributed by atoms with Crippen LogP contribution >= 0.6 is 0 Å². The predicted molar refractivity (Wildman–Crippen MR) is 117 cm³/mol. The van der Waals surface area contributed by atoms with E-state index in [-0.39, 0.29) is 24.7 Å². The van der Waals surface area contributed by atoms with Gasteiger partial charge in [0.25, 0.3) is 0 Å². The van der Waals surface area contributed by atoms with Gasteiger partial charge in [-0.25, -0.2) is 13.6 Å². The standard InChI is InChI=1S/C24H31F2N3O2/c1-17(2)31-22-9-5-18(6-10-22)15-28-24(30)29(21-4-3-12-27-13-11-21)16-19-7-8-20(25)14-23(19)26/h5-10,14,17,21,27H,3-4,11-13,15-16H2,1-2H3,(H,28,30). The van der Waals surface area contributed by atoms with Gasteiger partial charge in [-0.2, -0.15) is 0 Å². The number of benzene rings is 2. The van der Waals surface area contributed by atoms with Crippen molar-refractivity contribution in [2.75, 3.05) is 13.1 Å². The Labute approximate surface area is 182 Å². The number of carbonyl (C=O) groups excluding carboxylic acids is 1. The van der Waals surface area contributed by atoms with Crippen LogP contribution in [0.3, 0.4) is 0 Å².